The van der Waals surface area contributed by atoms with Gasteiger partial charge in [-0.2, -0.15) is 5.26 Å². The number of nitriles is 1. The quantitative estimate of drug-likeness (QED) is 0.761. The average Bonchev–Trinajstić information content (AvgIpc) is 2.75. The summed E-state index contributed by atoms with van der Waals surface area (Å²) >= 11 is 0. The lowest BCUT2D eigenvalue weighted by atomic mass is 10.1. The van der Waals surface area contributed by atoms with Crippen molar-refractivity contribution in [1.29, 1.82) is 5.26 Å². The third kappa shape index (κ3) is 1.56. The van der Waals surface area contributed by atoms with E-state index < -0.39 is 0 Å². The Morgan fingerprint density at radius 1 is 1.06 bits per heavy atom. The number of fused-ring (bicyclic) bond motifs is 1. The lowest BCUT2D eigenvalue weighted by Gasteiger charge is -2.17. The van der Waals surface area contributed by atoms with Gasteiger partial charge in [-0.1, -0.05) is 18.2 Å². The Hall–Kier alpha value is -2.60. The summed E-state index contributed by atoms with van der Waals surface area (Å²) in [5, 5.41) is 8.77. The largest absolute Gasteiger partial charge is 0.280 e. The molecule has 3 nitrogen and oxygen atoms in total. The summed E-state index contributed by atoms with van der Waals surface area (Å²) in [5.74, 6) is 0.0703. The Morgan fingerprint density at radius 2 is 1.78 bits per heavy atom. The topological polar surface area (TPSA) is 44.1 Å². The number of hydrogen-bond donors (Lipinski definition) is 0. The second kappa shape index (κ2) is 4.01. The van der Waals surface area contributed by atoms with Gasteiger partial charge in [0.15, 0.2) is 0 Å². The lowest BCUT2D eigenvalue weighted by molar-refractivity contribution is -0.116. The number of amides is 1. The first kappa shape index (κ1) is 10.5. The van der Waals surface area contributed by atoms with Gasteiger partial charge in [0.25, 0.3) is 0 Å². The molecule has 0 atom stereocenters. The molecule has 1 aliphatic heterocycles. The van der Waals surface area contributed by atoms with Crippen LogP contribution in [0.1, 0.15) is 11.1 Å². The zero-order chi connectivity index (χ0) is 12.5. The molecule has 18 heavy (non-hydrogen) atoms. The van der Waals surface area contributed by atoms with Crippen molar-refractivity contribution in [2.24, 2.45) is 0 Å². The molecule has 1 amide bonds. The second-order valence-electron chi connectivity index (χ2n) is 4.19. The molecule has 0 aromatic heterocycles. The molecule has 0 fully saturated rings. The molecule has 2 aromatic rings. The van der Waals surface area contributed by atoms with E-state index in [1.54, 1.807) is 29.2 Å². The minimum Gasteiger partial charge on any atom is -0.280 e. The first-order chi connectivity index (χ1) is 8.79. The van der Waals surface area contributed by atoms with Crippen molar-refractivity contribution in [3.63, 3.8) is 0 Å². The van der Waals surface area contributed by atoms with Crippen LogP contribution in [0.4, 0.5) is 11.4 Å². The average molecular weight is 234 g/mol. The number of benzene rings is 2. The Kier molecular flexibility index (Phi) is 2.35. The van der Waals surface area contributed by atoms with Gasteiger partial charge >= 0.3 is 0 Å². The van der Waals surface area contributed by atoms with Crippen LogP contribution in [0.3, 0.4) is 0 Å². The van der Waals surface area contributed by atoms with Gasteiger partial charge < -0.3 is 0 Å². The molecular formula is C15H10N2O. The van der Waals surface area contributed by atoms with Gasteiger partial charge in [-0.15, -0.1) is 0 Å². The summed E-state index contributed by atoms with van der Waals surface area (Å²) in [7, 11) is 0. The number of nitrogens with zero attached hydrogens (tertiary/aromatic N) is 2. The molecule has 0 bridgehead atoms. The SMILES string of the molecule is N#Cc1ccc(N2C(=O)Cc3ccccc32)cc1. The maximum Gasteiger partial charge on any atom is 0.236 e. The molecule has 3 heteroatoms. The zero-order valence-electron chi connectivity index (χ0n) is 9.63. The normalized spacial score (nSPS) is 13.3. The van der Waals surface area contributed by atoms with E-state index in [0.29, 0.717) is 12.0 Å². The standard InChI is InChI=1S/C15H10N2O/c16-10-11-5-7-13(8-6-11)17-14-4-2-1-3-12(14)9-15(17)18/h1-8H,9H2. The van der Waals surface area contributed by atoms with Gasteiger partial charge in [-0.3, -0.25) is 9.69 Å². The van der Waals surface area contributed by atoms with Crippen molar-refractivity contribution in [3.05, 3.63) is 59.7 Å². The van der Waals surface area contributed by atoms with Crippen LogP contribution in [-0.4, -0.2) is 5.91 Å². The summed E-state index contributed by atoms with van der Waals surface area (Å²) in [6, 6.07) is 16.9. The van der Waals surface area contributed by atoms with E-state index in [1.165, 1.54) is 0 Å². The molecule has 3 rings (SSSR count). The predicted octanol–water partition coefficient (Wildman–Crippen LogP) is 2.78. The highest BCUT2D eigenvalue weighted by Gasteiger charge is 2.27. The highest BCUT2D eigenvalue weighted by Crippen LogP contribution is 2.34. The summed E-state index contributed by atoms with van der Waals surface area (Å²) in [6.45, 7) is 0. The molecule has 0 saturated carbocycles. The molecule has 0 spiro atoms. The van der Waals surface area contributed by atoms with Crippen molar-refractivity contribution in [2.75, 3.05) is 4.90 Å². The molecular weight excluding hydrogens is 224 g/mol. The lowest BCUT2D eigenvalue weighted by Crippen LogP contribution is -2.20. The van der Waals surface area contributed by atoms with Crippen LogP contribution < -0.4 is 4.90 Å². The Labute approximate surface area is 105 Å². The van der Waals surface area contributed by atoms with E-state index >= 15 is 0 Å². The fourth-order valence-electron chi connectivity index (χ4n) is 2.22. The van der Waals surface area contributed by atoms with Gasteiger partial charge in [0.2, 0.25) is 5.91 Å². The number of carbonyl (C=O) groups is 1. The van der Waals surface area contributed by atoms with E-state index in [-0.39, 0.29) is 5.91 Å². The number of hydrogen-bond acceptors (Lipinski definition) is 2. The maximum absolute atomic E-state index is 12.0. The summed E-state index contributed by atoms with van der Waals surface area (Å²) in [5.41, 5.74) is 3.39. The van der Waals surface area contributed by atoms with Gasteiger partial charge in [0, 0.05) is 5.69 Å². The van der Waals surface area contributed by atoms with Gasteiger partial charge in [-0.05, 0) is 35.9 Å². The van der Waals surface area contributed by atoms with Crippen LogP contribution >= 0.6 is 0 Å². The smallest absolute Gasteiger partial charge is 0.236 e. The molecule has 0 unspecified atom stereocenters. The first-order valence-corrected chi connectivity index (χ1v) is 5.70. The maximum atomic E-state index is 12.0. The van der Waals surface area contributed by atoms with Crippen LogP contribution in [0.2, 0.25) is 0 Å². The second-order valence-corrected chi connectivity index (χ2v) is 4.19. The first-order valence-electron chi connectivity index (χ1n) is 5.70. The number of para-hydroxylation sites is 1. The van der Waals surface area contributed by atoms with E-state index in [9.17, 15) is 4.79 Å². The monoisotopic (exact) mass is 234 g/mol. The number of rotatable bonds is 1. The summed E-state index contributed by atoms with van der Waals surface area (Å²) < 4.78 is 0. The highest BCUT2D eigenvalue weighted by molar-refractivity contribution is 6.07. The molecule has 0 radical (unpaired) electrons. The Morgan fingerprint density at radius 3 is 2.50 bits per heavy atom. The molecule has 0 N–H and O–H groups in total. The molecule has 0 aliphatic carbocycles. The molecule has 1 heterocycles. The molecule has 86 valence electrons. The third-order valence-electron chi connectivity index (χ3n) is 3.08. The van der Waals surface area contributed by atoms with E-state index in [0.717, 1.165) is 16.9 Å². The Bertz CT molecular complexity index is 653. The van der Waals surface area contributed by atoms with Crippen LogP contribution in [0.25, 0.3) is 0 Å². The van der Waals surface area contributed by atoms with Crippen molar-refractivity contribution in [1.82, 2.24) is 0 Å². The summed E-state index contributed by atoms with van der Waals surface area (Å²) in [6.07, 6.45) is 0.441. The van der Waals surface area contributed by atoms with Crippen LogP contribution in [-0.2, 0) is 11.2 Å². The van der Waals surface area contributed by atoms with E-state index in [1.807, 2.05) is 24.3 Å². The minimum atomic E-state index is 0.0703. The fourth-order valence-corrected chi connectivity index (χ4v) is 2.22. The van der Waals surface area contributed by atoms with Gasteiger partial charge in [0.05, 0.1) is 23.7 Å². The van der Waals surface area contributed by atoms with Crippen molar-refractivity contribution in [2.45, 2.75) is 6.42 Å². The van der Waals surface area contributed by atoms with Crippen molar-refractivity contribution >= 4 is 17.3 Å². The fraction of sp³-hybridized carbons (Fsp3) is 0.0667. The zero-order valence-corrected chi connectivity index (χ0v) is 9.63. The van der Waals surface area contributed by atoms with E-state index in [4.69, 9.17) is 5.26 Å². The van der Waals surface area contributed by atoms with Crippen LogP contribution in [0.15, 0.2) is 48.5 Å². The summed E-state index contributed by atoms with van der Waals surface area (Å²) in [4.78, 5) is 13.8. The van der Waals surface area contributed by atoms with Gasteiger partial charge in [0.1, 0.15) is 0 Å². The van der Waals surface area contributed by atoms with E-state index in [2.05, 4.69) is 6.07 Å². The van der Waals surface area contributed by atoms with Crippen LogP contribution in [0, 0.1) is 11.3 Å². The minimum absolute atomic E-state index is 0.0703. The molecule has 1 aliphatic rings. The number of anilines is 2. The van der Waals surface area contributed by atoms with Crippen molar-refractivity contribution in [3.8, 4) is 6.07 Å². The molecule has 2 aromatic carbocycles. The highest BCUT2D eigenvalue weighted by atomic mass is 16.2. The third-order valence-corrected chi connectivity index (χ3v) is 3.08. The number of carbonyl (C=O) groups excluding carboxylic acids is 1. The van der Waals surface area contributed by atoms with Gasteiger partial charge in [-0.25, -0.2) is 0 Å². The Balaban J connectivity index is 2.06. The van der Waals surface area contributed by atoms with Crippen LogP contribution in [0.5, 0.6) is 0 Å². The molecule has 0 saturated heterocycles. The predicted molar refractivity (Wildman–Crippen MR) is 68.4 cm³/mol. The van der Waals surface area contributed by atoms with Crippen molar-refractivity contribution < 1.29 is 4.79 Å².